The predicted octanol–water partition coefficient (Wildman–Crippen LogP) is 2.11. The van der Waals surface area contributed by atoms with Gasteiger partial charge >= 0.3 is 0 Å². The lowest BCUT2D eigenvalue weighted by molar-refractivity contribution is -0.384. The summed E-state index contributed by atoms with van der Waals surface area (Å²) in [4.78, 5) is 31.2. The van der Waals surface area contributed by atoms with Crippen LogP contribution in [0, 0.1) is 10.1 Å². The van der Waals surface area contributed by atoms with Gasteiger partial charge in [0, 0.05) is 36.2 Å². The number of carbonyl (C=O) groups excluding carboxylic acids is 1. The maximum Gasteiger partial charge on any atom is 0.280 e. The number of para-hydroxylation sites is 1. The van der Waals surface area contributed by atoms with Crippen LogP contribution in [0.5, 0.6) is 0 Å². The lowest BCUT2D eigenvalue weighted by atomic mass is 10.2. The van der Waals surface area contributed by atoms with Crippen molar-refractivity contribution in [3.8, 4) is 0 Å². The fraction of sp³-hybridized carbons (Fsp3) is 0.118. The second kappa shape index (κ2) is 5.82. The van der Waals surface area contributed by atoms with E-state index in [0.29, 0.717) is 12.2 Å². The standard InChI is InChI=1S/C17H13N5O3/c23-16(11-5-7-12(8-6-11)22(24)25)20-17-19-14-4-2-1-3-13(14)15-18-9-10-21(15)17/h1-8,18H,9-10H2. The van der Waals surface area contributed by atoms with Crippen LogP contribution in [0.2, 0.25) is 0 Å². The largest absolute Gasteiger partial charge is 0.369 e. The Morgan fingerprint density at radius 2 is 1.96 bits per heavy atom. The van der Waals surface area contributed by atoms with E-state index in [9.17, 15) is 14.9 Å². The minimum absolute atomic E-state index is 0.0696. The van der Waals surface area contributed by atoms with Crippen molar-refractivity contribution in [1.29, 1.82) is 0 Å². The summed E-state index contributed by atoms with van der Waals surface area (Å²) in [6.45, 7) is 1.41. The number of fused-ring (bicyclic) bond motifs is 3. The first kappa shape index (κ1) is 15.0. The van der Waals surface area contributed by atoms with Gasteiger partial charge in [-0.15, -0.1) is 0 Å². The molecule has 0 saturated heterocycles. The van der Waals surface area contributed by atoms with Crippen LogP contribution in [0.15, 0.2) is 53.5 Å². The number of amides is 1. The van der Waals surface area contributed by atoms with E-state index in [2.05, 4.69) is 15.3 Å². The summed E-state index contributed by atoms with van der Waals surface area (Å²) >= 11 is 0. The number of nitrogens with one attached hydrogen (secondary N) is 1. The number of aromatic nitrogens is 2. The summed E-state index contributed by atoms with van der Waals surface area (Å²) in [5, 5.41) is 15.0. The summed E-state index contributed by atoms with van der Waals surface area (Å²) in [6, 6.07) is 13.0. The van der Waals surface area contributed by atoms with Crippen molar-refractivity contribution in [2.24, 2.45) is 4.99 Å². The molecule has 25 heavy (non-hydrogen) atoms. The van der Waals surface area contributed by atoms with Crippen molar-refractivity contribution >= 4 is 28.3 Å². The topological polar surface area (TPSA) is 102 Å². The van der Waals surface area contributed by atoms with Gasteiger partial charge in [-0.1, -0.05) is 12.1 Å². The number of rotatable bonds is 2. The van der Waals surface area contributed by atoms with Gasteiger partial charge in [0.15, 0.2) is 0 Å². The number of benzene rings is 2. The highest BCUT2D eigenvalue weighted by atomic mass is 16.6. The molecule has 1 aliphatic rings. The highest BCUT2D eigenvalue weighted by Crippen LogP contribution is 2.22. The van der Waals surface area contributed by atoms with Gasteiger partial charge in [0.05, 0.1) is 10.4 Å². The Kier molecular flexibility index (Phi) is 3.50. The number of non-ortho nitro benzene ring substituents is 1. The van der Waals surface area contributed by atoms with Gasteiger partial charge in [-0.25, -0.2) is 4.98 Å². The van der Waals surface area contributed by atoms with Gasteiger partial charge in [0.2, 0.25) is 5.62 Å². The summed E-state index contributed by atoms with van der Waals surface area (Å²) in [7, 11) is 0. The first-order chi connectivity index (χ1) is 12.1. The molecular weight excluding hydrogens is 322 g/mol. The van der Waals surface area contributed by atoms with Gasteiger partial charge in [0.25, 0.3) is 11.6 Å². The molecule has 1 aliphatic heterocycles. The second-order valence-corrected chi connectivity index (χ2v) is 5.58. The Hall–Kier alpha value is -3.55. The molecule has 1 aromatic heterocycles. The average Bonchev–Trinajstić information content (AvgIpc) is 3.12. The molecule has 0 saturated carbocycles. The predicted molar refractivity (Wildman–Crippen MR) is 91.2 cm³/mol. The van der Waals surface area contributed by atoms with Crippen LogP contribution in [-0.2, 0) is 6.54 Å². The van der Waals surface area contributed by atoms with Crippen LogP contribution in [0.4, 0.5) is 11.5 Å². The third kappa shape index (κ3) is 2.63. The quantitative estimate of drug-likeness (QED) is 0.571. The fourth-order valence-electron chi connectivity index (χ4n) is 2.84. The number of hydrogen-bond acceptors (Lipinski definition) is 5. The number of nitro groups is 1. The molecule has 0 atom stereocenters. The Labute approximate surface area is 141 Å². The molecule has 0 unspecified atom stereocenters. The summed E-state index contributed by atoms with van der Waals surface area (Å²) in [5.74, 6) is 0.403. The lowest BCUT2D eigenvalue weighted by Crippen LogP contribution is -2.24. The normalized spacial score (nSPS) is 13.5. The van der Waals surface area contributed by atoms with Crippen molar-refractivity contribution < 1.29 is 9.72 Å². The van der Waals surface area contributed by atoms with E-state index in [0.717, 1.165) is 23.3 Å². The number of nitro benzene ring substituents is 1. The summed E-state index contributed by atoms with van der Waals surface area (Å²) in [5.41, 5.74) is 1.28. The maximum absolute atomic E-state index is 12.4. The number of hydrogen-bond donors (Lipinski definition) is 1. The molecule has 1 N–H and O–H groups in total. The molecule has 4 rings (SSSR count). The zero-order valence-electron chi connectivity index (χ0n) is 13.0. The molecule has 8 heteroatoms. The van der Waals surface area contributed by atoms with Crippen LogP contribution in [0.1, 0.15) is 10.4 Å². The van der Waals surface area contributed by atoms with Crippen LogP contribution >= 0.6 is 0 Å². The van der Waals surface area contributed by atoms with Crippen molar-refractivity contribution in [2.75, 3.05) is 11.9 Å². The molecular formula is C17H13N5O3. The van der Waals surface area contributed by atoms with Crippen molar-refractivity contribution in [1.82, 2.24) is 9.55 Å². The maximum atomic E-state index is 12.4. The van der Waals surface area contributed by atoms with Crippen molar-refractivity contribution in [3.63, 3.8) is 0 Å². The fourth-order valence-corrected chi connectivity index (χ4v) is 2.84. The Morgan fingerprint density at radius 1 is 1.20 bits per heavy atom. The van der Waals surface area contributed by atoms with Crippen molar-refractivity contribution in [3.05, 3.63) is 69.8 Å². The summed E-state index contributed by atoms with van der Waals surface area (Å²) in [6.07, 6.45) is 0. The number of nitrogens with zero attached hydrogens (tertiary/aromatic N) is 4. The van der Waals surface area contributed by atoms with Gasteiger partial charge in [-0.3, -0.25) is 19.5 Å². The SMILES string of the molecule is O=C(N=c1nc2ccccc2c2n1CCN2)c1ccc([N+](=O)[O-])cc1. The van der Waals surface area contributed by atoms with Crippen LogP contribution in [0.3, 0.4) is 0 Å². The average molecular weight is 335 g/mol. The van der Waals surface area contributed by atoms with E-state index in [1.54, 1.807) is 0 Å². The van der Waals surface area contributed by atoms with E-state index in [4.69, 9.17) is 0 Å². The highest BCUT2D eigenvalue weighted by molar-refractivity contribution is 5.95. The van der Waals surface area contributed by atoms with Gasteiger partial charge in [0.1, 0.15) is 5.82 Å². The van der Waals surface area contributed by atoms with E-state index in [1.807, 2.05) is 28.8 Å². The van der Waals surface area contributed by atoms with Crippen LogP contribution in [0.25, 0.3) is 10.9 Å². The first-order valence-corrected chi connectivity index (χ1v) is 7.70. The van der Waals surface area contributed by atoms with Crippen LogP contribution < -0.4 is 10.9 Å². The summed E-state index contributed by atoms with van der Waals surface area (Å²) < 4.78 is 1.87. The third-order valence-electron chi connectivity index (χ3n) is 4.05. The highest BCUT2D eigenvalue weighted by Gasteiger charge is 2.16. The molecule has 124 valence electrons. The van der Waals surface area contributed by atoms with Crippen LogP contribution in [-0.4, -0.2) is 26.9 Å². The van der Waals surface area contributed by atoms with Gasteiger partial charge in [-0.2, -0.15) is 4.99 Å². The molecule has 0 radical (unpaired) electrons. The van der Waals surface area contributed by atoms with Gasteiger partial charge in [-0.05, 0) is 24.3 Å². The zero-order chi connectivity index (χ0) is 17.4. The lowest BCUT2D eigenvalue weighted by Gasteiger charge is -2.07. The minimum Gasteiger partial charge on any atom is -0.369 e. The molecule has 0 bridgehead atoms. The molecule has 0 spiro atoms. The second-order valence-electron chi connectivity index (χ2n) is 5.58. The molecule has 1 amide bonds. The molecule has 2 heterocycles. The van der Waals surface area contributed by atoms with E-state index in [1.165, 1.54) is 24.3 Å². The molecule has 2 aromatic carbocycles. The number of carbonyl (C=O) groups is 1. The van der Waals surface area contributed by atoms with Crippen molar-refractivity contribution in [2.45, 2.75) is 6.54 Å². The minimum atomic E-state index is -0.509. The third-order valence-corrected chi connectivity index (χ3v) is 4.05. The van der Waals surface area contributed by atoms with E-state index in [-0.39, 0.29) is 11.3 Å². The first-order valence-electron chi connectivity index (χ1n) is 7.70. The van der Waals surface area contributed by atoms with E-state index < -0.39 is 10.8 Å². The smallest absolute Gasteiger partial charge is 0.280 e. The van der Waals surface area contributed by atoms with E-state index >= 15 is 0 Å². The number of anilines is 1. The monoisotopic (exact) mass is 335 g/mol. The molecule has 0 fully saturated rings. The Bertz CT molecular complexity index is 1070. The molecule has 8 nitrogen and oxygen atoms in total. The molecule has 3 aromatic rings. The van der Waals surface area contributed by atoms with Gasteiger partial charge < -0.3 is 5.32 Å². The zero-order valence-corrected chi connectivity index (χ0v) is 13.0. The Morgan fingerprint density at radius 3 is 2.72 bits per heavy atom. The molecule has 0 aliphatic carbocycles. The Balaban J connectivity index is 1.81.